The van der Waals surface area contributed by atoms with Crippen molar-refractivity contribution in [1.29, 1.82) is 0 Å². The predicted octanol–water partition coefficient (Wildman–Crippen LogP) is 2.13. The van der Waals surface area contributed by atoms with Gasteiger partial charge >= 0.3 is 0 Å². The minimum absolute atomic E-state index is 0.0339. The van der Waals surface area contributed by atoms with E-state index in [1.807, 2.05) is 0 Å². The third kappa shape index (κ3) is 4.69. The molecule has 3 rings (SSSR count). The number of pyridine rings is 1. The Morgan fingerprint density at radius 1 is 1.04 bits per heavy atom. The molecule has 132 valence electrons. The van der Waals surface area contributed by atoms with Crippen LogP contribution in [0.15, 0.2) is 18.5 Å². The number of carbonyl (C=O) groups excluding carboxylic acids is 1. The fourth-order valence-electron chi connectivity index (χ4n) is 3.48. The van der Waals surface area contributed by atoms with Crippen molar-refractivity contribution in [2.45, 2.75) is 57.0 Å². The third-order valence-corrected chi connectivity index (χ3v) is 6.56. The molecule has 1 aromatic heterocycles. The predicted molar refractivity (Wildman–Crippen MR) is 93.9 cm³/mol. The standard InChI is InChI=1S/C17H25N3O3S/c21-17(20-15-7-8-24(22,23)12-15)13-9-16(11-18-10-13)19-14-5-3-1-2-4-6-14/h9-11,14-15,19H,1-8,12H2,(H,20,21). The summed E-state index contributed by atoms with van der Waals surface area (Å²) in [4.78, 5) is 16.5. The van der Waals surface area contributed by atoms with Gasteiger partial charge in [0.2, 0.25) is 0 Å². The molecule has 2 N–H and O–H groups in total. The first-order valence-electron chi connectivity index (χ1n) is 8.75. The van der Waals surface area contributed by atoms with E-state index in [4.69, 9.17) is 0 Å². The summed E-state index contributed by atoms with van der Waals surface area (Å²) in [6.07, 6.45) is 11.1. The van der Waals surface area contributed by atoms with Crippen LogP contribution in [0.1, 0.15) is 55.3 Å². The largest absolute Gasteiger partial charge is 0.381 e. The van der Waals surface area contributed by atoms with Crippen molar-refractivity contribution in [2.75, 3.05) is 16.8 Å². The zero-order valence-corrected chi connectivity index (χ0v) is 14.6. The second-order valence-electron chi connectivity index (χ2n) is 6.87. The molecule has 1 aliphatic heterocycles. The van der Waals surface area contributed by atoms with Gasteiger partial charge in [-0.15, -0.1) is 0 Å². The topological polar surface area (TPSA) is 88.2 Å². The Morgan fingerprint density at radius 2 is 1.79 bits per heavy atom. The molecular formula is C17H25N3O3S. The molecule has 0 spiro atoms. The van der Waals surface area contributed by atoms with Gasteiger partial charge in [0.1, 0.15) is 0 Å². The Morgan fingerprint density at radius 3 is 2.46 bits per heavy atom. The van der Waals surface area contributed by atoms with Crippen LogP contribution in [0, 0.1) is 0 Å². The van der Waals surface area contributed by atoms with Crippen LogP contribution >= 0.6 is 0 Å². The maximum atomic E-state index is 12.3. The zero-order chi connectivity index (χ0) is 17.0. The number of rotatable bonds is 4. The van der Waals surface area contributed by atoms with Crippen molar-refractivity contribution in [3.63, 3.8) is 0 Å². The lowest BCUT2D eigenvalue weighted by atomic mass is 10.1. The van der Waals surface area contributed by atoms with Crippen LogP contribution in [0.5, 0.6) is 0 Å². The van der Waals surface area contributed by atoms with Gasteiger partial charge in [-0.1, -0.05) is 25.7 Å². The van der Waals surface area contributed by atoms with Crippen LogP contribution in [0.25, 0.3) is 0 Å². The number of hydrogen-bond donors (Lipinski definition) is 2. The summed E-state index contributed by atoms with van der Waals surface area (Å²) < 4.78 is 23.0. The van der Waals surface area contributed by atoms with Crippen LogP contribution in [-0.4, -0.2) is 42.9 Å². The SMILES string of the molecule is O=C(NC1CCS(=O)(=O)C1)c1cncc(NC2CCCCCC2)c1. The van der Waals surface area contributed by atoms with Crippen LogP contribution in [0.3, 0.4) is 0 Å². The summed E-state index contributed by atoms with van der Waals surface area (Å²) in [5.41, 5.74) is 1.33. The first-order chi connectivity index (χ1) is 11.5. The molecule has 2 aliphatic rings. The summed E-state index contributed by atoms with van der Waals surface area (Å²) in [6, 6.07) is 1.95. The smallest absolute Gasteiger partial charge is 0.253 e. The van der Waals surface area contributed by atoms with E-state index in [9.17, 15) is 13.2 Å². The van der Waals surface area contributed by atoms with Gasteiger partial charge in [0.25, 0.3) is 5.91 Å². The molecule has 2 fully saturated rings. The Balaban J connectivity index is 1.60. The van der Waals surface area contributed by atoms with E-state index in [0.717, 1.165) is 18.5 Å². The summed E-state index contributed by atoms with van der Waals surface area (Å²) in [7, 11) is -3.00. The maximum Gasteiger partial charge on any atom is 0.253 e. The molecule has 7 heteroatoms. The number of nitrogens with one attached hydrogen (secondary N) is 2. The van der Waals surface area contributed by atoms with Crippen molar-refractivity contribution < 1.29 is 13.2 Å². The van der Waals surface area contributed by atoms with Crippen molar-refractivity contribution >= 4 is 21.4 Å². The van der Waals surface area contributed by atoms with Gasteiger partial charge in [-0.2, -0.15) is 0 Å². The van der Waals surface area contributed by atoms with Gasteiger partial charge in [-0.3, -0.25) is 9.78 Å². The van der Waals surface area contributed by atoms with E-state index in [1.165, 1.54) is 31.9 Å². The zero-order valence-electron chi connectivity index (χ0n) is 13.8. The first-order valence-corrected chi connectivity index (χ1v) is 10.6. The van der Waals surface area contributed by atoms with E-state index in [0.29, 0.717) is 18.0 Å². The molecule has 6 nitrogen and oxygen atoms in total. The molecule has 24 heavy (non-hydrogen) atoms. The van der Waals surface area contributed by atoms with E-state index in [-0.39, 0.29) is 23.5 Å². The molecule has 0 bridgehead atoms. The van der Waals surface area contributed by atoms with Crippen molar-refractivity contribution in [2.24, 2.45) is 0 Å². The number of nitrogens with zero attached hydrogens (tertiary/aromatic N) is 1. The monoisotopic (exact) mass is 351 g/mol. The summed E-state index contributed by atoms with van der Waals surface area (Å²) in [5.74, 6) is -0.0693. The van der Waals surface area contributed by atoms with Crippen molar-refractivity contribution in [1.82, 2.24) is 10.3 Å². The summed E-state index contributed by atoms with van der Waals surface area (Å²) in [5, 5.41) is 6.29. The van der Waals surface area contributed by atoms with Crippen LogP contribution in [0.2, 0.25) is 0 Å². The highest BCUT2D eigenvalue weighted by molar-refractivity contribution is 7.91. The molecule has 1 aromatic rings. The first kappa shape index (κ1) is 17.2. The number of carbonyl (C=O) groups is 1. The molecule has 2 heterocycles. The van der Waals surface area contributed by atoms with Crippen LogP contribution < -0.4 is 10.6 Å². The number of anilines is 1. The normalized spacial score (nSPS) is 24.2. The van der Waals surface area contributed by atoms with Gasteiger partial charge < -0.3 is 10.6 Å². The highest BCUT2D eigenvalue weighted by Gasteiger charge is 2.29. The minimum atomic E-state index is -3.00. The minimum Gasteiger partial charge on any atom is -0.381 e. The molecule has 1 saturated carbocycles. The fourth-order valence-corrected chi connectivity index (χ4v) is 5.15. The second kappa shape index (κ2) is 7.51. The molecular weight excluding hydrogens is 326 g/mol. The fraction of sp³-hybridized carbons (Fsp3) is 0.647. The number of aromatic nitrogens is 1. The molecule has 1 saturated heterocycles. The van der Waals surface area contributed by atoms with E-state index in [1.54, 1.807) is 12.3 Å². The van der Waals surface area contributed by atoms with Crippen molar-refractivity contribution in [3.05, 3.63) is 24.0 Å². The Hall–Kier alpha value is -1.63. The summed E-state index contributed by atoms with van der Waals surface area (Å²) in [6.45, 7) is 0. The maximum absolute atomic E-state index is 12.3. The number of sulfone groups is 1. The lowest BCUT2D eigenvalue weighted by molar-refractivity contribution is 0.0941. The quantitative estimate of drug-likeness (QED) is 0.812. The van der Waals surface area contributed by atoms with Crippen molar-refractivity contribution in [3.8, 4) is 0 Å². The molecule has 0 aromatic carbocycles. The van der Waals surface area contributed by atoms with Crippen LogP contribution in [-0.2, 0) is 9.84 Å². The Bertz CT molecular complexity index is 682. The number of amides is 1. The van der Waals surface area contributed by atoms with Gasteiger partial charge in [0, 0.05) is 24.5 Å². The summed E-state index contributed by atoms with van der Waals surface area (Å²) >= 11 is 0. The van der Waals surface area contributed by atoms with E-state index in [2.05, 4.69) is 15.6 Å². The van der Waals surface area contributed by atoms with E-state index >= 15 is 0 Å². The molecule has 0 radical (unpaired) electrons. The molecule has 1 amide bonds. The lowest BCUT2D eigenvalue weighted by Gasteiger charge is -2.18. The average molecular weight is 351 g/mol. The van der Waals surface area contributed by atoms with Gasteiger partial charge in [-0.05, 0) is 25.3 Å². The third-order valence-electron chi connectivity index (χ3n) is 4.79. The van der Waals surface area contributed by atoms with Gasteiger partial charge in [-0.25, -0.2) is 8.42 Å². The van der Waals surface area contributed by atoms with Gasteiger partial charge in [0.15, 0.2) is 9.84 Å². The Kier molecular flexibility index (Phi) is 5.38. The lowest BCUT2D eigenvalue weighted by Crippen LogP contribution is -2.35. The molecule has 1 atom stereocenters. The Labute approximate surface area is 143 Å². The second-order valence-corrected chi connectivity index (χ2v) is 9.10. The average Bonchev–Trinajstić information content (AvgIpc) is 2.75. The highest BCUT2D eigenvalue weighted by Crippen LogP contribution is 2.21. The number of hydrogen-bond acceptors (Lipinski definition) is 5. The molecule has 1 unspecified atom stereocenters. The van der Waals surface area contributed by atoms with Crippen LogP contribution in [0.4, 0.5) is 5.69 Å². The van der Waals surface area contributed by atoms with Gasteiger partial charge in [0.05, 0.1) is 22.8 Å². The van der Waals surface area contributed by atoms with E-state index < -0.39 is 9.84 Å². The molecule has 1 aliphatic carbocycles. The highest BCUT2D eigenvalue weighted by atomic mass is 32.2.